The number of ketones is 1. The summed E-state index contributed by atoms with van der Waals surface area (Å²) in [5, 5.41) is 23.0. The summed E-state index contributed by atoms with van der Waals surface area (Å²) in [6, 6.07) is 10.5. The van der Waals surface area contributed by atoms with Crippen LogP contribution in [0, 0.1) is 0 Å². The number of nitrogens with one attached hydrogen (secondary N) is 2. The first-order valence-corrected chi connectivity index (χ1v) is 17.3. The van der Waals surface area contributed by atoms with Crippen LogP contribution in [-0.4, -0.2) is 114 Å². The van der Waals surface area contributed by atoms with Crippen LogP contribution in [0.3, 0.4) is 0 Å². The van der Waals surface area contributed by atoms with Gasteiger partial charge in [0.2, 0.25) is 10.0 Å². The highest BCUT2D eigenvalue weighted by Crippen LogP contribution is 2.38. The molecule has 0 radical (unpaired) electrons. The molecule has 15 heteroatoms. The number of carbonyl (C=O) groups excluding carboxylic acids is 2. The minimum absolute atomic E-state index is 0.0798. The second kappa shape index (κ2) is 19.0. The number of amides is 1. The summed E-state index contributed by atoms with van der Waals surface area (Å²) in [5.41, 5.74) is 2.84. The topological polar surface area (TPSA) is 164 Å². The molecule has 0 bridgehead atoms. The molecule has 1 amide bonds. The van der Waals surface area contributed by atoms with Gasteiger partial charge in [-0.15, -0.1) is 0 Å². The first kappa shape index (κ1) is 38.3. The first-order chi connectivity index (χ1) is 21.9. The van der Waals surface area contributed by atoms with Gasteiger partial charge in [-0.05, 0) is 54.4 Å². The number of aliphatic hydroxyl groups is 2. The van der Waals surface area contributed by atoms with Gasteiger partial charge in [0.25, 0.3) is 5.91 Å². The zero-order valence-electron chi connectivity index (χ0n) is 26.0. The van der Waals surface area contributed by atoms with E-state index in [9.17, 15) is 28.2 Å². The lowest BCUT2D eigenvalue weighted by molar-refractivity contribution is -0.145. The first-order valence-electron chi connectivity index (χ1n) is 15.1. The average Bonchev–Trinajstić information content (AvgIpc) is 3.02. The Balaban J connectivity index is 1.30. The molecule has 256 valence electrons. The van der Waals surface area contributed by atoms with Gasteiger partial charge in [0.15, 0.2) is 11.9 Å². The number of aliphatic hydroxyl groups excluding tert-OH is 2. The Hall–Kier alpha value is -2.17. The van der Waals surface area contributed by atoms with Crippen molar-refractivity contribution in [3.8, 4) is 0 Å². The van der Waals surface area contributed by atoms with Crippen LogP contribution in [0.15, 0.2) is 41.3 Å². The highest BCUT2D eigenvalue weighted by molar-refractivity contribution is 7.89. The van der Waals surface area contributed by atoms with E-state index in [0.29, 0.717) is 29.6 Å². The zero-order chi connectivity index (χ0) is 33.7. The summed E-state index contributed by atoms with van der Waals surface area (Å²) in [5.74, 6) is -1.52. The predicted octanol–water partition coefficient (Wildman–Crippen LogP) is 2.11. The third-order valence-electron chi connectivity index (χ3n) is 7.29. The molecule has 2 aromatic carbocycles. The minimum Gasteiger partial charge on any atom is -0.382 e. The summed E-state index contributed by atoms with van der Waals surface area (Å²) in [6.07, 6.45) is -2.98. The van der Waals surface area contributed by atoms with Crippen molar-refractivity contribution in [1.82, 2.24) is 14.9 Å². The van der Waals surface area contributed by atoms with Crippen molar-refractivity contribution in [2.75, 3.05) is 66.3 Å². The number of ether oxygens (including phenoxy) is 3. The lowest BCUT2D eigenvalue weighted by Crippen LogP contribution is -2.46. The Morgan fingerprint density at radius 1 is 0.978 bits per heavy atom. The summed E-state index contributed by atoms with van der Waals surface area (Å²) < 4.78 is 44.8. The van der Waals surface area contributed by atoms with E-state index in [4.69, 9.17) is 37.4 Å². The average molecular weight is 705 g/mol. The maximum atomic E-state index is 13.0. The molecule has 1 aliphatic heterocycles. The number of carbonyl (C=O) groups is 2. The van der Waals surface area contributed by atoms with Crippen LogP contribution in [0.4, 0.5) is 0 Å². The molecule has 12 nitrogen and oxygen atoms in total. The van der Waals surface area contributed by atoms with Gasteiger partial charge >= 0.3 is 0 Å². The zero-order valence-corrected chi connectivity index (χ0v) is 28.4. The molecule has 3 rings (SSSR count). The highest BCUT2D eigenvalue weighted by atomic mass is 35.5. The van der Waals surface area contributed by atoms with Gasteiger partial charge in [-0.1, -0.05) is 42.3 Å². The molecule has 4 N–H and O–H groups in total. The minimum atomic E-state index is -3.77. The number of fused-ring (bicyclic) bond motifs is 1. The number of nitrogens with zero attached hydrogens (tertiary/aromatic N) is 1. The quantitative estimate of drug-likeness (QED) is 0.150. The van der Waals surface area contributed by atoms with Crippen LogP contribution in [0.1, 0.15) is 42.4 Å². The van der Waals surface area contributed by atoms with Crippen molar-refractivity contribution < 1.29 is 42.4 Å². The molecule has 1 heterocycles. The summed E-state index contributed by atoms with van der Waals surface area (Å²) in [6.45, 7) is 4.65. The van der Waals surface area contributed by atoms with Gasteiger partial charge in [0.1, 0.15) is 6.10 Å². The lowest BCUT2D eigenvalue weighted by Gasteiger charge is -2.33. The summed E-state index contributed by atoms with van der Waals surface area (Å²) in [4.78, 5) is 25.7. The van der Waals surface area contributed by atoms with E-state index in [1.165, 1.54) is 0 Å². The number of rotatable bonds is 20. The second-order valence-electron chi connectivity index (χ2n) is 10.9. The van der Waals surface area contributed by atoms with E-state index in [1.54, 1.807) is 31.2 Å². The Morgan fingerprint density at radius 3 is 2.30 bits per heavy atom. The normalized spacial score (nSPS) is 16.5. The van der Waals surface area contributed by atoms with Gasteiger partial charge in [-0.2, -0.15) is 0 Å². The van der Waals surface area contributed by atoms with E-state index in [0.717, 1.165) is 16.7 Å². The number of likely N-dealkylation sites (N-methyl/N-ethyl adjacent to an activating group) is 1. The molecule has 0 spiro atoms. The van der Waals surface area contributed by atoms with Gasteiger partial charge in [-0.25, -0.2) is 13.1 Å². The number of benzene rings is 2. The van der Waals surface area contributed by atoms with Gasteiger partial charge in [0.05, 0.1) is 44.5 Å². The van der Waals surface area contributed by atoms with Gasteiger partial charge in [0, 0.05) is 48.6 Å². The van der Waals surface area contributed by atoms with E-state index >= 15 is 0 Å². The van der Waals surface area contributed by atoms with E-state index in [2.05, 4.69) is 14.9 Å². The van der Waals surface area contributed by atoms with Crippen molar-refractivity contribution in [1.29, 1.82) is 0 Å². The van der Waals surface area contributed by atoms with Crippen molar-refractivity contribution in [2.45, 2.75) is 49.3 Å². The third-order valence-corrected chi connectivity index (χ3v) is 9.30. The van der Waals surface area contributed by atoms with Crippen LogP contribution in [-0.2, 0) is 40.4 Å². The fourth-order valence-corrected chi connectivity index (χ4v) is 6.60. The fourth-order valence-electron chi connectivity index (χ4n) is 4.97. The largest absolute Gasteiger partial charge is 0.382 e. The molecule has 0 saturated carbocycles. The molecule has 1 aliphatic rings. The van der Waals surface area contributed by atoms with E-state index in [1.807, 2.05) is 19.2 Å². The Morgan fingerprint density at radius 2 is 1.63 bits per heavy atom. The highest BCUT2D eigenvalue weighted by Gasteiger charge is 2.30. The predicted molar refractivity (Wildman–Crippen MR) is 174 cm³/mol. The molecule has 0 aliphatic carbocycles. The monoisotopic (exact) mass is 703 g/mol. The van der Waals surface area contributed by atoms with E-state index < -0.39 is 33.9 Å². The lowest BCUT2D eigenvalue weighted by atomic mass is 9.85. The summed E-state index contributed by atoms with van der Waals surface area (Å²) >= 11 is 12.8. The van der Waals surface area contributed by atoms with Crippen LogP contribution in [0.25, 0.3) is 0 Å². The van der Waals surface area contributed by atoms with Gasteiger partial charge in [-0.3, -0.25) is 9.59 Å². The molecule has 0 aromatic heterocycles. The maximum absolute atomic E-state index is 13.0. The fraction of sp³-hybridized carbons (Fsp3) is 0.548. The van der Waals surface area contributed by atoms with Gasteiger partial charge < -0.3 is 34.6 Å². The van der Waals surface area contributed by atoms with Crippen molar-refractivity contribution >= 4 is 44.9 Å². The van der Waals surface area contributed by atoms with Crippen molar-refractivity contribution in [3.05, 3.63) is 63.1 Å². The maximum Gasteiger partial charge on any atom is 0.252 e. The van der Waals surface area contributed by atoms with Crippen LogP contribution in [0.5, 0.6) is 0 Å². The summed E-state index contributed by atoms with van der Waals surface area (Å²) in [7, 11) is -1.78. The third kappa shape index (κ3) is 11.5. The van der Waals surface area contributed by atoms with Crippen molar-refractivity contribution in [2.24, 2.45) is 0 Å². The number of hydrogen-bond acceptors (Lipinski definition) is 10. The Bertz CT molecular complexity index is 1410. The Labute approximate surface area is 280 Å². The molecule has 0 fully saturated rings. The molecular formula is C31H43Cl2N3O9S. The smallest absolute Gasteiger partial charge is 0.252 e. The molecule has 3 atom stereocenters. The molecular weight excluding hydrogens is 661 g/mol. The molecule has 1 unspecified atom stereocenters. The van der Waals surface area contributed by atoms with Crippen LogP contribution < -0.4 is 10.0 Å². The molecule has 2 aromatic rings. The van der Waals surface area contributed by atoms with Crippen LogP contribution >= 0.6 is 23.2 Å². The van der Waals surface area contributed by atoms with Crippen molar-refractivity contribution in [3.63, 3.8) is 0 Å². The molecule has 0 saturated heterocycles. The number of Topliss-reactive ketones (excluding diaryl/α,β-unsaturated/α-hetero) is 1. The Kier molecular flexibility index (Phi) is 15.8. The van der Waals surface area contributed by atoms with E-state index in [-0.39, 0.29) is 70.0 Å². The SMILES string of the molecule is CCCC(=O)[C@@H](O)[C@H](O)C(=O)NCCOCCOCCOCCNS(=O)(=O)c1cccc(C2CN(C)Cc3c(Cl)cc(Cl)cc32)c1. The number of hydrogen-bond donors (Lipinski definition) is 4. The number of sulfonamides is 1. The molecule has 46 heavy (non-hydrogen) atoms. The van der Waals surface area contributed by atoms with Crippen LogP contribution in [0.2, 0.25) is 10.0 Å². The second-order valence-corrected chi connectivity index (χ2v) is 13.5. The number of halogens is 2. The standard InChI is InChI=1S/C31H43Cl2N3O9S/c1-3-5-28(37)29(38)30(39)31(40)34-8-10-43-12-14-45-15-13-44-11-9-35-46(41,42)23-7-4-6-21(16-23)25-19-36(2)20-26-24(25)17-22(32)18-27(26)33/h4,6-7,16-18,25,29-30,35,38-39H,3,5,8-15,19-20H2,1-2H3,(H,34,40)/t25?,29-,30+/m1/s1.